The van der Waals surface area contributed by atoms with Crippen LogP contribution in [0.15, 0.2) is 54.2 Å². The molecule has 1 aromatic carbocycles. The molecule has 0 aliphatic rings. The summed E-state index contributed by atoms with van der Waals surface area (Å²) in [6.07, 6.45) is 2.16. The number of anilines is 1. The summed E-state index contributed by atoms with van der Waals surface area (Å²) < 4.78 is 13.0. The predicted molar refractivity (Wildman–Crippen MR) is 135 cm³/mol. The molecule has 3 rings (SSSR count). The monoisotopic (exact) mass is 500 g/mol. The van der Waals surface area contributed by atoms with Crippen molar-refractivity contribution in [2.45, 2.75) is 45.0 Å². The van der Waals surface area contributed by atoms with Crippen molar-refractivity contribution in [2.75, 3.05) is 17.7 Å². The van der Waals surface area contributed by atoms with Gasteiger partial charge in [-0.25, -0.2) is 4.79 Å². The Balaban J connectivity index is 1.68. The zero-order valence-corrected chi connectivity index (χ0v) is 21.1. The van der Waals surface area contributed by atoms with E-state index in [2.05, 4.69) is 22.1 Å². The minimum Gasteiger partial charge on any atom is -0.483 e. The molecule has 0 fully saturated rings. The van der Waals surface area contributed by atoms with Gasteiger partial charge in [-0.2, -0.15) is 0 Å². The van der Waals surface area contributed by atoms with Crippen molar-refractivity contribution < 1.29 is 19.1 Å². The Morgan fingerprint density at radius 3 is 2.71 bits per heavy atom. The molecule has 3 aromatic rings. The lowest BCUT2D eigenvalue weighted by molar-refractivity contribution is -0.113. The summed E-state index contributed by atoms with van der Waals surface area (Å²) in [6.45, 7) is 10.2. The van der Waals surface area contributed by atoms with Crippen LogP contribution in [0.5, 0.6) is 5.75 Å². The van der Waals surface area contributed by atoms with Crippen LogP contribution >= 0.6 is 23.1 Å². The quantitative estimate of drug-likeness (QED) is 0.209. The second kappa shape index (κ2) is 12.4. The summed E-state index contributed by atoms with van der Waals surface area (Å²) in [5, 5.41) is 12.5. The summed E-state index contributed by atoms with van der Waals surface area (Å²) in [6, 6.07) is 11.3. The molecule has 1 unspecified atom stereocenters. The van der Waals surface area contributed by atoms with E-state index in [1.165, 1.54) is 23.1 Å². The van der Waals surface area contributed by atoms with E-state index >= 15 is 0 Å². The molecule has 10 heteroatoms. The number of aryl methyl sites for hydroxylation is 1. The Kier molecular flexibility index (Phi) is 9.29. The number of benzene rings is 1. The third-order valence-electron chi connectivity index (χ3n) is 4.69. The number of para-hydroxylation sites is 1. The van der Waals surface area contributed by atoms with Gasteiger partial charge in [0.15, 0.2) is 17.1 Å². The number of nitrogens with zero attached hydrogens (tertiary/aromatic N) is 3. The molecule has 0 saturated carbocycles. The normalized spacial score (nSPS) is 11.6. The number of hydrogen-bond acceptors (Lipinski definition) is 8. The van der Waals surface area contributed by atoms with Crippen molar-refractivity contribution in [2.24, 2.45) is 0 Å². The number of rotatable bonds is 12. The van der Waals surface area contributed by atoms with Gasteiger partial charge in [-0.3, -0.25) is 9.36 Å². The maximum atomic E-state index is 12.7. The van der Waals surface area contributed by atoms with E-state index in [0.29, 0.717) is 28.1 Å². The van der Waals surface area contributed by atoms with E-state index in [4.69, 9.17) is 9.47 Å². The van der Waals surface area contributed by atoms with E-state index in [1.54, 1.807) is 19.1 Å². The fraction of sp³-hybridized carbons (Fsp3) is 0.333. The SMILES string of the molecule is C=CCn1c(SCC(=O)Nc2sc(CC)cc2C(=O)OCC)nnc1C(C)Oc1ccccc1. The Hall–Kier alpha value is -3.11. The van der Waals surface area contributed by atoms with Crippen LogP contribution in [0.2, 0.25) is 0 Å². The fourth-order valence-electron chi connectivity index (χ4n) is 3.13. The molecule has 2 heterocycles. The number of carbonyl (C=O) groups excluding carboxylic acids is 2. The lowest BCUT2D eigenvalue weighted by Gasteiger charge is -2.15. The molecule has 0 aliphatic heterocycles. The topological polar surface area (TPSA) is 95.3 Å². The number of hydrogen-bond donors (Lipinski definition) is 1. The number of thioether (sulfide) groups is 1. The molecule has 0 radical (unpaired) electrons. The number of allylic oxidation sites excluding steroid dienone is 1. The number of nitrogens with one attached hydrogen (secondary N) is 1. The van der Waals surface area contributed by atoms with Crippen molar-refractivity contribution in [1.82, 2.24) is 14.8 Å². The minimum atomic E-state index is -0.441. The third-order valence-corrected chi connectivity index (χ3v) is 6.85. The molecule has 34 heavy (non-hydrogen) atoms. The predicted octanol–water partition coefficient (Wildman–Crippen LogP) is 5.14. The van der Waals surface area contributed by atoms with Crippen LogP contribution in [0.4, 0.5) is 5.00 Å². The molecule has 0 saturated heterocycles. The number of thiophene rings is 1. The highest BCUT2D eigenvalue weighted by molar-refractivity contribution is 7.99. The van der Waals surface area contributed by atoms with E-state index in [1.807, 2.05) is 48.7 Å². The number of carbonyl (C=O) groups is 2. The number of aromatic nitrogens is 3. The Morgan fingerprint density at radius 1 is 1.26 bits per heavy atom. The number of ether oxygens (including phenoxy) is 2. The van der Waals surface area contributed by atoms with Gasteiger partial charge in [-0.15, -0.1) is 28.1 Å². The maximum Gasteiger partial charge on any atom is 0.341 e. The second-order valence-corrected chi connectivity index (χ2v) is 9.26. The maximum absolute atomic E-state index is 12.7. The van der Waals surface area contributed by atoms with E-state index < -0.39 is 5.97 Å². The first-order valence-electron chi connectivity index (χ1n) is 10.9. The molecule has 8 nitrogen and oxygen atoms in total. The molecule has 2 aromatic heterocycles. The number of amides is 1. The zero-order chi connectivity index (χ0) is 24.5. The average Bonchev–Trinajstić information content (AvgIpc) is 3.43. The first kappa shape index (κ1) is 25.5. The molecule has 0 aliphatic carbocycles. The Bertz CT molecular complexity index is 1130. The van der Waals surface area contributed by atoms with E-state index in [9.17, 15) is 9.59 Å². The smallest absolute Gasteiger partial charge is 0.341 e. The highest BCUT2D eigenvalue weighted by Gasteiger charge is 2.21. The van der Waals surface area contributed by atoms with Crippen molar-refractivity contribution in [3.05, 3.63) is 65.3 Å². The van der Waals surface area contributed by atoms with Crippen LogP contribution < -0.4 is 10.1 Å². The number of esters is 1. The van der Waals surface area contributed by atoms with Gasteiger partial charge in [0, 0.05) is 11.4 Å². The van der Waals surface area contributed by atoms with Crippen molar-refractivity contribution in [3.8, 4) is 5.75 Å². The summed E-state index contributed by atoms with van der Waals surface area (Å²) in [7, 11) is 0. The molecule has 0 bridgehead atoms. The van der Waals surface area contributed by atoms with Gasteiger partial charge < -0.3 is 14.8 Å². The van der Waals surface area contributed by atoms with Crippen LogP contribution in [0.25, 0.3) is 0 Å². The molecule has 180 valence electrons. The second-order valence-electron chi connectivity index (χ2n) is 7.18. The van der Waals surface area contributed by atoms with Crippen LogP contribution in [0.3, 0.4) is 0 Å². The van der Waals surface area contributed by atoms with Gasteiger partial charge in [0.05, 0.1) is 17.9 Å². The van der Waals surface area contributed by atoms with Crippen LogP contribution in [-0.4, -0.2) is 39.0 Å². The van der Waals surface area contributed by atoms with Gasteiger partial charge in [-0.1, -0.05) is 43.0 Å². The zero-order valence-electron chi connectivity index (χ0n) is 19.4. The first-order valence-corrected chi connectivity index (χ1v) is 12.7. The summed E-state index contributed by atoms with van der Waals surface area (Å²) >= 11 is 2.64. The summed E-state index contributed by atoms with van der Waals surface area (Å²) in [4.78, 5) is 25.9. The third kappa shape index (κ3) is 6.48. The standard InChI is InChI=1S/C24H28N4O4S2/c1-5-13-28-21(16(4)32-17-11-9-8-10-12-17)26-27-24(28)33-15-20(29)25-22-19(23(30)31-7-3)14-18(6-2)34-22/h5,8-12,14,16H,1,6-7,13,15H2,2-4H3,(H,25,29). The van der Waals surface area contributed by atoms with Crippen LogP contribution in [0.1, 0.15) is 47.9 Å². The average molecular weight is 501 g/mol. The largest absolute Gasteiger partial charge is 0.483 e. The van der Waals surface area contributed by atoms with Gasteiger partial charge in [0.1, 0.15) is 10.8 Å². The molecule has 0 spiro atoms. The van der Waals surface area contributed by atoms with Gasteiger partial charge in [-0.05, 0) is 38.5 Å². The summed E-state index contributed by atoms with van der Waals surface area (Å²) in [5.41, 5.74) is 0.381. The first-order chi connectivity index (χ1) is 16.5. The Morgan fingerprint density at radius 2 is 2.03 bits per heavy atom. The van der Waals surface area contributed by atoms with Gasteiger partial charge >= 0.3 is 5.97 Å². The highest BCUT2D eigenvalue weighted by Crippen LogP contribution is 2.30. The van der Waals surface area contributed by atoms with Crippen molar-refractivity contribution >= 4 is 40.0 Å². The van der Waals surface area contributed by atoms with E-state index in [0.717, 1.165) is 17.0 Å². The molecule has 1 N–H and O–H groups in total. The van der Waals surface area contributed by atoms with E-state index in [-0.39, 0.29) is 24.4 Å². The lowest BCUT2D eigenvalue weighted by Crippen LogP contribution is -2.17. The van der Waals surface area contributed by atoms with Gasteiger partial charge in [0.25, 0.3) is 0 Å². The Labute approximate surface area is 207 Å². The minimum absolute atomic E-state index is 0.102. The van der Waals surface area contributed by atoms with Crippen LogP contribution in [0, 0.1) is 0 Å². The molecular weight excluding hydrogens is 472 g/mol. The fourth-order valence-corrected chi connectivity index (χ4v) is 4.88. The van der Waals surface area contributed by atoms with Crippen LogP contribution in [-0.2, 0) is 22.5 Å². The molecule has 1 atom stereocenters. The van der Waals surface area contributed by atoms with Gasteiger partial charge in [0.2, 0.25) is 5.91 Å². The molecular formula is C24H28N4O4S2. The van der Waals surface area contributed by atoms with Crippen molar-refractivity contribution in [1.29, 1.82) is 0 Å². The highest BCUT2D eigenvalue weighted by atomic mass is 32.2. The molecule has 1 amide bonds. The lowest BCUT2D eigenvalue weighted by atomic mass is 10.2. The summed E-state index contributed by atoms with van der Waals surface area (Å²) in [5.74, 6) is 0.788. The van der Waals surface area contributed by atoms with Crippen molar-refractivity contribution in [3.63, 3.8) is 0 Å².